The molecule has 3 atom stereocenters. The lowest BCUT2D eigenvalue weighted by Crippen LogP contribution is -2.04. The van der Waals surface area contributed by atoms with Crippen LogP contribution < -0.4 is 0 Å². The molecule has 1 unspecified atom stereocenters. The lowest BCUT2D eigenvalue weighted by Gasteiger charge is -2.14. The highest BCUT2D eigenvalue weighted by Crippen LogP contribution is 2.35. The number of aliphatic hydroxyl groups is 1. The molecule has 1 aliphatic heterocycles. The maximum absolute atomic E-state index is 10.4. The highest BCUT2D eigenvalue weighted by atomic mass is 35.5. The van der Waals surface area contributed by atoms with Crippen molar-refractivity contribution in [2.75, 3.05) is 13.6 Å². The van der Waals surface area contributed by atoms with Crippen LogP contribution in [-0.4, -0.2) is 23.6 Å². The molecule has 0 bridgehead atoms. The number of benzene rings is 2. The fourth-order valence-electron chi connectivity index (χ4n) is 2.62. The van der Waals surface area contributed by atoms with Crippen LogP contribution in [0.2, 0.25) is 5.02 Å². The van der Waals surface area contributed by atoms with Crippen LogP contribution in [0, 0.1) is 0 Å². The van der Waals surface area contributed by atoms with E-state index in [4.69, 9.17) is 11.6 Å². The first-order valence-corrected chi connectivity index (χ1v) is 7.24. The third-order valence-corrected chi connectivity index (χ3v) is 4.19. The Labute approximate surface area is 124 Å². The molecule has 3 heteroatoms. The summed E-state index contributed by atoms with van der Waals surface area (Å²) in [5, 5.41) is 11.1. The molecule has 1 heterocycles. The van der Waals surface area contributed by atoms with E-state index in [1.165, 1.54) is 11.1 Å². The first-order valence-electron chi connectivity index (χ1n) is 6.86. The molecule has 1 saturated heterocycles. The number of likely N-dealkylation sites (N-methyl/N-ethyl adjacent to an activating group) is 1. The van der Waals surface area contributed by atoms with Crippen molar-refractivity contribution in [1.29, 1.82) is 0 Å². The van der Waals surface area contributed by atoms with Crippen LogP contribution in [0.4, 0.5) is 0 Å². The number of nitrogens with zero attached hydrogens (tertiary/aromatic N) is 1. The normalized spacial score (nSPS) is 22.6. The predicted molar refractivity (Wildman–Crippen MR) is 81.9 cm³/mol. The van der Waals surface area contributed by atoms with Crippen molar-refractivity contribution in [3.8, 4) is 0 Å². The molecule has 2 aromatic carbocycles. The summed E-state index contributed by atoms with van der Waals surface area (Å²) in [6.07, 6.45) is 0.153. The Morgan fingerprint density at radius 1 is 1.20 bits per heavy atom. The second-order valence-corrected chi connectivity index (χ2v) is 5.86. The molecule has 0 saturated carbocycles. The van der Waals surface area contributed by atoms with Crippen LogP contribution in [0.5, 0.6) is 0 Å². The van der Waals surface area contributed by atoms with Gasteiger partial charge in [-0.2, -0.15) is 0 Å². The lowest BCUT2D eigenvalue weighted by atomic mass is 9.96. The monoisotopic (exact) mass is 287 g/mol. The van der Waals surface area contributed by atoms with Crippen molar-refractivity contribution in [2.45, 2.75) is 18.6 Å². The zero-order chi connectivity index (χ0) is 14.1. The van der Waals surface area contributed by atoms with Gasteiger partial charge >= 0.3 is 0 Å². The fraction of sp³-hybridized carbons (Fsp3) is 0.294. The topological polar surface area (TPSA) is 23.2 Å². The van der Waals surface area contributed by atoms with Gasteiger partial charge in [-0.05, 0) is 35.9 Å². The average molecular weight is 288 g/mol. The molecule has 0 spiro atoms. The van der Waals surface area contributed by atoms with Crippen LogP contribution in [-0.2, 0) is 6.42 Å². The molecule has 3 rings (SSSR count). The van der Waals surface area contributed by atoms with Crippen molar-refractivity contribution in [3.05, 3.63) is 70.2 Å². The van der Waals surface area contributed by atoms with E-state index in [1.54, 1.807) is 0 Å². The van der Waals surface area contributed by atoms with E-state index in [0.29, 0.717) is 17.5 Å². The quantitative estimate of drug-likeness (QED) is 0.869. The SMILES string of the molecule is CN1C[C@@H]1c1ccccc1C[C@H](O)c1ccc(Cl)cc1. The summed E-state index contributed by atoms with van der Waals surface area (Å²) >= 11 is 5.88. The summed E-state index contributed by atoms with van der Waals surface area (Å²) in [5.41, 5.74) is 3.47. The van der Waals surface area contributed by atoms with Gasteiger partial charge in [-0.3, -0.25) is 4.90 Å². The maximum atomic E-state index is 10.4. The number of aliphatic hydroxyl groups excluding tert-OH is 1. The van der Waals surface area contributed by atoms with Crippen LogP contribution in [0.1, 0.15) is 28.8 Å². The summed E-state index contributed by atoms with van der Waals surface area (Å²) in [4.78, 5) is 2.30. The van der Waals surface area contributed by atoms with E-state index in [0.717, 1.165) is 12.1 Å². The molecule has 1 N–H and O–H groups in total. The van der Waals surface area contributed by atoms with E-state index in [1.807, 2.05) is 30.3 Å². The first kappa shape index (κ1) is 13.6. The average Bonchev–Trinajstić information content (AvgIpc) is 3.17. The van der Waals surface area contributed by atoms with Crippen molar-refractivity contribution in [2.24, 2.45) is 0 Å². The zero-order valence-electron chi connectivity index (χ0n) is 11.5. The van der Waals surface area contributed by atoms with E-state index < -0.39 is 6.10 Å². The predicted octanol–water partition coefficient (Wildman–Crippen LogP) is 3.60. The molecular weight excluding hydrogens is 270 g/mol. The minimum atomic E-state index is -0.488. The summed E-state index contributed by atoms with van der Waals surface area (Å²) in [5.74, 6) is 0. The molecule has 2 aromatic rings. The molecular formula is C17H18ClNO. The van der Waals surface area contributed by atoms with Crippen LogP contribution in [0.15, 0.2) is 48.5 Å². The third-order valence-electron chi connectivity index (χ3n) is 3.94. The van der Waals surface area contributed by atoms with Gasteiger partial charge in [-0.1, -0.05) is 48.0 Å². The highest BCUT2D eigenvalue weighted by molar-refractivity contribution is 6.30. The van der Waals surface area contributed by atoms with Gasteiger partial charge in [0.25, 0.3) is 0 Å². The van der Waals surface area contributed by atoms with E-state index in [9.17, 15) is 5.11 Å². The molecule has 2 nitrogen and oxygen atoms in total. The second-order valence-electron chi connectivity index (χ2n) is 5.43. The Kier molecular flexibility index (Phi) is 3.79. The summed E-state index contributed by atoms with van der Waals surface area (Å²) in [6, 6.07) is 16.3. The molecule has 1 aliphatic rings. The number of halogens is 1. The Morgan fingerprint density at radius 2 is 1.85 bits per heavy atom. The fourth-order valence-corrected chi connectivity index (χ4v) is 2.74. The standard InChI is InChI=1S/C17H18ClNO/c1-19-11-16(19)15-5-3-2-4-13(15)10-17(20)12-6-8-14(18)9-7-12/h2-9,16-17,20H,10-11H2,1H3/t16-,17+,19?/m1/s1. The van der Waals surface area contributed by atoms with Crippen molar-refractivity contribution in [3.63, 3.8) is 0 Å². The minimum absolute atomic E-state index is 0.488. The van der Waals surface area contributed by atoms with Crippen LogP contribution >= 0.6 is 11.6 Å². The summed E-state index contributed by atoms with van der Waals surface area (Å²) < 4.78 is 0. The van der Waals surface area contributed by atoms with Gasteiger partial charge in [0.2, 0.25) is 0 Å². The van der Waals surface area contributed by atoms with Gasteiger partial charge in [-0.15, -0.1) is 0 Å². The van der Waals surface area contributed by atoms with Gasteiger partial charge < -0.3 is 5.11 Å². The lowest BCUT2D eigenvalue weighted by molar-refractivity contribution is 0.178. The summed E-state index contributed by atoms with van der Waals surface area (Å²) in [6.45, 7) is 1.11. The van der Waals surface area contributed by atoms with Gasteiger partial charge in [0.1, 0.15) is 0 Å². The molecule has 0 radical (unpaired) electrons. The smallest absolute Gasteiger partial charge is 0.0830 e. The van der Waals surface area contributed by atoms with Gasteiger partial charge in [-0.25, -0.2) is 0 Å². The van der Waals surface area contributed by atoms with E-state index >= 15 is 0 Å². The van der Waals surface area contributed by atoms with Crippen molar-refractivity contribution in [1.82, 2.24) is 4.90 Å². The van der Waals surface area contributed by atoms with Crippen molar-refractivity contribution < 1.29 is 5.11 Å². The maximum Gasteiger partial charge on any atom is 0.0830 e. The van der Waals surface area contributed by atoms with Gasteiger partial charge in [0.15, 0.2) is 0 Å². The Hall–Kier alpha value is -1.35. The largest absolute Gasteiger partial charge is 0.388 e. The van der Waals surface area contributed by atoms with E-state index in [2.05, 4.69) is 30.1 Å². The van der Waals surface area contributed by atoms with Crippen LogP contribution in [0.25, 0.3) is 0 Å². The van der Waals surface area contributed by atoms with Gasteiger partial charge in [0.05, 0.1) is 6.10 Å². The molecule has 20 heavy (non-hydrogen) atoms. The Morgan fingerprint density at radius 3 is 2.50 bits per heavy atom. The molecule has 104 valence electrons. The molecule has 1 fully saturated rings. The molecule has 0 amide bonds. The first-order chi connectivity index (χ1) is 9.65. The molecule has 0 aliphatic carbocycles. The van der Waals surface area contributed by atoms with Crippen LogP contribution in [0.3, 0.4) is 0 Å². The number of rotatable bonds is 4. The number of hydrogen-bond acceptors (Lipinski definition) is 2. The number of hydrogen-bond donors (Lipinski definition) is 1. The molecule has 0 aromatic heterocycles. The van der Waals surface area contributed by atoms with Crippen molar-refractivity contribution >= 4 is 11.6 Å². The second kappa shape index (κ2) is 5.57. The van der Waals surface area contributed by atoms with Gasteiger partial charge in [0, 0.05) is 24.0 Å². The Bertz CT molecular complexity index is 596. The highest BCUT2D eigenvalue weighted by Gasteiger charge is 2.32. The Balaban J connectivity index is 1.79. The zero-order valence-corrected chi connectivity index (χ0v) is 12.2. The summed E-state index contributed by atoms with van der Waals surface area (Å²) in [7, 11) is 2.12. The minimum Gasteiger partial charge on any atom is -0.388 e. The third kappa shape index (κ3) is 2.88. The van der Waals surface area contributed by atoms with E-state index in [-0.39, 0.29) is 0 Å².